The molecule has 0 atom stereocenters. The van der Waals surface area contributed by atoms with Crippen LogP contribution in [-0.4, -0.2) is 0 Å². The lowest BCUT2D eigenvalue weighted by Crippen LogP contribution is -2.00. The molecule has 0 unspecified atom stereocenters. The molecule has 1 rings (SSSR count). The molecule has 74 valence electrons. The molecule has 0 spiro atoms. The molecule has 0 heterocycles. The fraction of sp³-hybridized carbons (Fsp3) is 1.00. The molecule has 0 amide bonds. The lowest BCUT2D eigenvalue weighted by molar-refractivity contribution is 0.398. The van der Waals surface area contributed by atoms with Crippen LogP contribution in [0.1, 0.15) is 66.7 Å². The van der Waals surface area contributed by atoms with E-state index in [-0.39, 0.29) is 0 Å². The van der Waals surface area contributed by atoms with Crippen molar-refractivity contribution in [3.05, 3.63) is 0 Å². The molecule has 0 aliphatic heterocycles. The maximum absolute atomic E-state index is 2.34. The van der Waals surface area contributed by atoms with E-state index in [1.807, 2.05) is 0 Å². The zero-order valence-electron chi connectivity index (χ0n) is 9.61. The van der Waals surface area contributed by atoms with E-state index in [9.17, 15) is 0 Å². The van der Waals surface area contributed by atoms with Crippen molar-refractivity contribution in [2.45, 2.75) is 66.7 Å². The van der Waals surface area contributed by atoms with Gasteiger partial charge in [0.2, 0.25) is 0 Å². The van der Waals surface area contributed by atoms with E-state index in [0.717, 1.165) is 5.92 Å². The Balaban J connectivity index is 0.000000202. The molecular weight excluding hydrogens is 144 g/mol. The summed E-state index contributed by atoms with van der Waals surface area (Å²) in [6, 6.07) is 0. The summed E-state index contributed by atoms with van der Waals surface area (Å²) in [5.41, 5.74) is 0.542. The summed E-state index contributed by atoms with van der Waals surface area (Å²) in [6.45, 7) is 11.3. The molecule has 0 nitrogen and oxygen atoms in total. The molecule has 0 bridgehead atoms. The van der Waals surface area contributed by atoms with E-state index in [2.05, 4.69) is 34.6 Å². The van der Waals surface area contributed by atoms with Gasteiger partial charge in [-0.1, -0.05) is 66.7 Å². The molecule has 0 N–H and O–H groups in total. The quantitative estimate of drug-likeness (QED) is 0.497. The van der Waals surface area contributed by atoms with Gasteiger partial charge in [0, 0.05) is 0 Å². The zero-order valence-corrected chi connectivity index (χ0v) is 9.61. The summed E-state index contributed by atoms with van der Waals surface area (Å²) in [5, 5.41) is 0. The minimum absolute atomic E-state index is 0.542. The van der Waals surface area contributed by atoms with Crippen molar-refractivity contribution >= 4 is 0 Å². The van der Waals surface area contributed by atoms with Crippen LogP contribution in [0.25, 0.3) is 0 Å². The van der Waals surface area contributed by atoms with E-state index in [4.69, 9.17) is 0 Å². The molecule has 1 saturated carbocycles. The van der Waals surface area contributed by atoms with Gasteiger partial charge in [-0.05, 0) is 11.3 Å². The molecule has 0 radical (unpaired) electrons. The second-order valence-electron chi connectivity index (χ2n) is 5.30. The van der Waals surface area contributed by atoms with Gasteiger partial charge < -0.3 is 0 Å². The van der Waals surface area contributed by atoms with Crippen molar-refractivity contribution < 1.29 is 0 Å². The van der Waals surface area contributed by atoms with Crippen LogP contribution >= 0.6 is 0 Å². The highest BCUT2D eigenvalue weighted by Gasteiger charge is 2.07. The largest absolute Gasteiger partial charge is 0.0649 e. The van der Waals surface area contributed by atoms with Crippen LogP contribution in [0.5, 0.6) is 0 Å². The topological polar surface area (TPSA) is 0 Å². The third-order valence-electron chi connectivity index (χ3n) is 2.70. The monoisotopic (exact) mass is 170 g/mol. The highest BCUT2D eigenvalue weighted by molar-refractivity contribution is 4.60. The molecule has 1 fully saturated rings. The molecule has 0 aromatic heterocycles. The molecule has 12 heavy (non-hydrogen) atoms. The molecule has 0 saturated heterocycles. The molecule has 1 aliphatic rings. The third kappa shape index (κ3) is 8.10. The fourth-order valence-corrected chi connectivity index (χ4v) is 1.13. The molecule has 1 aliphatic carbocycles. The first kappa shape index (κ1) is 12.0. The summed E-state index contributed by atoms with van der Waals surface area (Å²) in [6.07, 6.45) is 7.22. The number of rotatable bonds is 0. The molecule has 0 aromatic rings. The van der Waals surface area contributed by atoms with Crippen LogP contribution in [-0.2, 0) is 0 Å². The van der Waals surface area contributed by atoms with Crippen molar-refractivity contribution in [3.8, 4) is 0 Å². The van der Waals surface area contributed by atoms with Crippen LogP contribution in [0.4, 0.5) is 0 Å². The smallest absolute Gasteiger partial charge is 0.0385 e. The maximum Gasteiger partial charge on any atom is -0.0385 e. The van der Waals surface area contributed by atoms with Crippen molar-refractivity contribution in [2.75, 3.05) is 0 Å². The summed E-state index contributed by atoms with van der Waals surface area (Å²) >= 11 is 0. The predicted octanol–water partition coefficient (Wildman–Crippen LogP) is 4.64. The van der Waals surface area contributed by atoms with Crippen molar-refractivity contribution in [2.24, 2.45) is 11.3 Å². The van der Waals surface area contributed by atoms with Gasteiger partial charge in [-0.15, -0.1) is 0 Å². The Bertz CT molecular complexity index is 91.1. The average Bonchev–Trinajstić information content (AvgIpc) is 2.39. The molecule has 0 aromatic carbocycles. The Kier molecular flexibility index (Phi) is 5.61. The van der Waals surface area contributed by atoms with Gasteiger partial charge in [0.1, 0.15) is 0 Å². The van der Waals surface area contributed by atoms with Gasteiger partial charge in [-0.2, -0.15) is 0 Å². The number of hydrogen-bond acceptors (Lipinski definition) is 0. The Labute approximate surface area is 78.8 Å². The average molecular weight is 170 g/mol. The SMILES string of the molecule is CC1CCCC1.CCC(C)(C)C. The lowest BCUT2D eigenvalue weighted by atomic mass is 9.94. The van der Waals surface area contributed by atoms with Crippen molar-refractivity contribution in [1.82, 2.24) is 0 Å². The van der Waals surface area contributed by atoms with Crippen LogP contribution in [0, 0.1) is 11.3 Å². The van der Waals surface area contributed by atoms with Gasteiger partial charge >= 0.3 is 0 Å². The van der Waals surface area contributed by atoms with Gasteiger partial charge in [0.05, 0.1) is 0 Å². The first-order valence-electron chi connectivity index (χ1n) is 5.45. The van der Waals surface area contributed by atoms with Gasteiger partial charge in [-0.3, -0.25) is 0 Å². The number of hydrogen-bond donors (Lipinski definition) is 0. The van der Waals surface area contributed by atoms with Crippen molar-refractivity contribution in [1.29, 1.82) is 0 Å². The first-order chi connectivity index (χ1) is 5.45. The van der Waals surface area contributed by atoms with Crippen LogP contribution in [0.15, 0.2) is 0 Å². The van der Waals surface area contributed by atoms with Gasteiger partial charge in [0.15, 0.2) is 0 Å². The van der Waals surface area contributed by atoms with E-state index in [0.29, 0.717) is 5.41 Å². The predicted molar refractivity (Wildman–Crippen MR) is 57.4 cm³/mol. The normalized spacial score (nSPS) is 18.8. The Morgan fingerprint density at radius 3 is 1.50 bits per heavy atom. The summed E-state index contributed by atoms with van der Waals surface area (Å²) in [7, 11) is 0. The lowest BCUT2D eigenvalue weighted by Gasteiger charge is -2.12. The van der Waals surface area contributed by atoms with Gasteiger partial charge in [0.25, 0.3) is 0 Å². The Hall–Kier alpha value is 0. The second kappa shape index (κ2) is 5.61. The standard InChI is InChI=1S/C6H12.C6H14/c1-6-4-2-3-5-6;1-5-6(2,3)4/h6H,2-5H2,1H3;5H2,1-4H3. The van der Waals surface area contributed by atoms with E-state index >= 15 is 0 Å². The van der Waals surface area contributed by atoms with E-state index in [1.165, 1.54) is 32.1 Å². The van der Waals surface area contributed by atoms with Crippen LogP contribution in [0.2, 0.25) is 0 Å². The Morgan fingerprint density at radius 2 is 1.42 bits per heavy atom. The van der Waals surface area contributed by atoms with E-state index in [1.54, 1.807) is 0 Å². The van der Waals surface area contributed by atoms with Crippen LogP contribution in [0.3, 0.4) is 0 Å². The minimum atomic E-state index is 0.542. The molecular formula is C12H26. The van der Waals surface area contributed by atoms with Crippen LogP contribution < -0.4 is 0 Å². The highest BCUT2D eigenvalue weighted by Crippen LogP contribution is 2.22. The third-order valence-corrected chi connectivity index (χ3v) is 2.70. The fourth-order valence-electron chi connectivity index (χ4n) is 1.13. The second-order valence-corrected chi connectivity index (χ2v) is 5.30. The first-order valence-corrected chi connectivity index (χ1v) is 5.45. The summed E-state index contributed by atoms with van der Waals surface area (Å²) in [4.78, 5) is 0. The summed E-state index contributed by atoms with van der Waals surface area (Å²) < 4.78 is 0. The molecule has 0 heteroatoms. The van der Waals surface area contributed by atoms with Gasteiger partial charge in [-0.25, -0.2) is 0 Å². The van der Waals surface area contributed by atoms with E-state index < -0.39 is 0 Å². The minimum Gasteiger partial charge on any atom is -0.0649 e. The Morgan fingerprint density at radius 1 is 1.08 bits per heavy atom. The summed E-state index contributed by atoms with van der Waals surface area (Å²) in [5.74, 6) is 1.05. The highest BCUT2D eigenvalue weighted by atomic mass is 14.1. The maximum atomic E-state index is 2.34. The zero-order chi connectivity index (χ0) is 9.61. The van der Waals surface area contributed by atoms with Crippen molar-refractivity contribution in [3.63, 3.8) is 0 Å².